The maximum Gasteiger partial charge on any atom is 0.191 e. The Kier molecular flexibility index (Phi) is 7.58. The number of nitrogens with one attached hydrogen (secondary N) is 2. The molecular formula is C17H24IN3OS. The molecule has 1 aromatic carbocycles. The second-order valence-electron chi connectivity index (χ2n) is 5.47. The molecule has 0 radical (unpaired) electrons. The topological polar surface area (TPSA) is 45.7 Å². The SMILES string of the molecule is CCNC(=NCc1csc2ccccc12)NCC1CCCO1.I. The van der Waals surface area contributed by atoms with E-state index in [9.17, 15) is 0 Å². The van der Waals surface area contributed by atoms with Gasteiger partial charge in [0.2, 0.25) is 0 Å². The minimum Gasteiger partial charge on any atom is -0.376 e. The second-order valence-corrected chi connectivity index (χ2v) is 6.38. The van der Waals surface area contributed by atoms with Gasteiger partial charge in [-0.05, 0) is 42.2 Å². The first-order chi connectivity index (χ1) is 10.9. The largest absolute Gasteiger partial charge is 0.376 e. The van der Waals surface area contributed by atoms with Gasteiger partial charge in [-0.1, -0.05) is 18.2 Å². The van der Waals surface area contributed by atoms with Gasteiger partial charge in [-0.25, -0.2) is 4.99 Å². The minimum absolute atomic E-state index is 0. The fourth-order valence-corrected chi connectivity index (χ4v) is 3.63. The molecule has 0 saturated carbocycles. The summed E-state index contributed by atoms with van der Waals surface area (Å²) in [6.07, 6.45) is 2.63. The Morgan fingerprint density at radius 1 is 1.35 bits per heavy atom. The third kappa shape index (κ3) is 5.06. The van der Waals surface area contributed by atoms with Gasteiger partial charge < -0.3 is 15.4 Å². The monoisotopic (exact) mass is 445 g/mol. The van der Waals surface area contributed by atoms with Crippen LogP contribution in [-0.2, 0) is 11.3 Å². The molecule has 2 N–H and O–H groups in total. The van der Waals surface area contributed by atoms with Crippen molar-refractivity contribution in [3.63, 3.8) is 0 Å². The average Bonchev–Trinajstić information content (AvgIpc) is 3.20. The Hall–Kier alpha value is -0.860. The number of ether oxygens (including phenoxy) is 1. The Bertz CT molecular complexity index is 638. The number of hydrogen-bond acceptors (Lipinski definition) is 3. The van der Waals surface area contributed by atoms with Crippen LogP contribution in [-0.4, -0.2) is 31.8 Å². The average molecular weight is 445 g/mol. The van der Waals surface area contributed by atoms with Crippen molar-refractivity contribution >= 4 is 51.4 Å². The van der Waals surface area contributed by atoms with E-state index in [-0.39, 0.29) is 24.0 Å². The van der Waals surface area contributed by atoms with Gasteiger partial charge in [-0.15, -0.1) is 35.3 Å². The lowest BCUT2D eigenvalue weighted by Crippen LogP contribution is -2.41. The van der Waals surface area contributed by atoms with Gasteiger partial charge in [0.1, 0.15) is 0 Å². The van der Waals surface area contributed by atoms with Crippen molar-refractivity contribution in [1.29, 1.82) is 0 Å². The van der Waals surface area contributed by atoms with Crippen molar-refractivity contribution in [2.45, 2.75) is 32.4 Å². The highest BCUT2D eigenvalue weighted by Crippen LogP contribution is 2.26. The number of thiophene rings is 1. The lowest BCUT2D eigenvalue weighted by Gasteiger charge is -2.14. The highest BCUT2D eigenvalue weighted by Gasteiger charge is 2.15. The van der Waals surface area contributed by atoms with Crippen LogP contribution in [0, 0.1) is 0 Å². The van der Waals surface area contributed by atoms with Crippen LogP contribution in [0.15, 0.2) is 34.6 Å². The zero-order valence-corrected chi connectivity index (χ0v) is 16.5. The standard InChI is InChI=1S/C17H23N3OS.HI/c1-2-18-17(20-11-14-6-5-9-21-14)19-10-13-12-22-16-8-4-3-7-15(13)16;/h3-4,7-8,12,14H,2,5-6,9-11H2,1H3,(H2,18,19,20);1H. The van der Waals surface area contributed by atoms with Crippen LogP contribution >= 0.6 is 35.3 Å². The van der Waals surface area contributed by atoms with E-state index in [2.05, 4.69) is 47.2 Å². The van der Waals surface area contributed by atoms with Gasteiger partial charge in [0.15, 0.2) is 5.96 Å². The van der Waals surface area contributed by atoms with Crippen molar-refractivity contribution in [3.05, 3.63) is 35.2 Å². The molecule has 2 aromatic rings. The number of aliphatic imine (C=N–C) groups is 1. The number of rotatable bonds is 5. The van der Waals surface area contributed by atoms with Crippen molar-refractivity contribution < 1.29 is 4.74 Å². The van der Waals surface area contributed by atoms with Crippen LogP contribution < -0.4 is 10.6 Å². The number of nitrogens with zero attached hydrogens (tertiary/aromatic N) is 1. The van der Waals surface area contributed by atoms with E-state index in [1.807, 2.05) is 0 Å². The highest BCUT2D eigenvalue weighted by molar-refractivity contribution is 14.0. The summed E-state index contributed by atoms with van der Waals surface area (Å²) >= 11 is 1.78. The predicted molar refractivity (Wildman–Crippen MR) is 109 cm³/mol. The Labute approximate surface area is 158 Å². The fraction of sp³-hybridized carbons (Fsp3) is 0.471. The molecule has 0 spiro atoms. The van der Waals surface area contributed by atoms with E-state index in [1.54, 1.807) is 11.3 Å². The van der Waals surface area contributed by atoms with Crippen molar-refractivity contribution in [2.75, 3.05) is 19.7 Å². The number of guanidine groups is 1. The first-order valence-electron chi connectivity index (χ1n) is 7.95. The maximum absolute atomic E-state index is 5.65. The van der Waals surface area contributed by atoms with Crippen LogP contribution in [0.4, 0.5) is 0 Å². The zero-order chi connectivity index (χ0) is 15.2. The molecule has 126 valence electrons. The molecule has 4 nitrogen and oxygen atoms in total. The van der Waals surface area contributed by atoms with Gasteiger partial charge in [0.05, 0.1) is 12.6 Å². The molecule has 1 aliphatic rings. The number of halogens is 1. The summed E-state index contributed by atoms with van der Waals surface area (Å²) in [5.41, 5.74) is 1.29. The van der Waals surface area contributed by atoms with Crippen LogP contribution in [0.3, 0.4) is 0 Å². The second kappa shape index (κ2) is 9.44. The molecule has 2 heterocycles. The molecular weight excluding hydrogens is 421 g/mol. The molecule has 6 heteroatoms. The summed E-state index contributed by atoms with van der Waals surface area (Å²) in [6.45, 7) is 5.37. The van der Waals surface area contributed by atoms with E-state index in [1.165, 1.54) is 22.1 Å². The normalized spacial score (nSPS) is 18.0. The van der Waals surface area contributed by atoms with Crippen molar-refractivity contribution in [3.8, 4) is 0 Å². The van der Waals surface area contributed by atoms with E-state index < -0.39 is 0 Å². The summed E-state index contributed by atoms with van der Waals surface area (Å²) in [5.74, 6) is 0.869. The molecule has 23 heavy (non-hydrogen) atoms. The molecule has 1 atom stereocenters. The molecule has 1 aliphatic heterocycles. The summed E-state index contributed by atoms with van der Waals surface area (Å²) < 4.78 is 6.97. The highest BCUT2D eigenvalue weighted by atomic mass is 127. The van der Waals surface area contributed by atoms with Gasteiger partial charge >= 0.3 is 0 Å². The molecule has 1 aromatic heterocycles. The Morgan fingerprint density at radius 2 is 2.22 bits per heavy atom. The number of hydrogen-bond donors (Lipinski definition) is 2. The molecule has 0 aliphatic carbocycles. The van der Waals surface area contributed by atoms with E-state index >= 15 is 0 Å². The Morgan fingerprint density at radius 3 is 3.00 bits per heavy atom. The van der Waals surface area contributed by atoms with Gasteiger partial charge in [-0.3, -0.25) is 0 Å². The minimum atomic E-state index is 0. The van der Waals surface area contributed by atoms with Crippen LogP contribution in [0.25, 0.3) is 10.1 Å². The van der Waals surface area contributed by atoms with E-state index in [0.717, 1.165) is 32.1 Å². The van der Waals surface area contributed by atoms with Crippen molar-refractivity contribution in [2.24, 2.45) is 4.99 Å². The lowest BCUT2D eigenvalue weighted by atomic mass is 10.2. The summed E-state index contributed by atoms with van der Waals surface area (Å²) in [6, 6.07) is 8.50. The molecule has 1 unspecified atom stereocenters. The van der Waals surface area contributed by atoms with Crippen LogP contribution in [0.2, 0.25) is 0 Å². The molecule has 1 fully saturated rings. The number of benzene rings is 1. The van der Waals surface area contributed by atoms with E-state index in [4.69, 9.17) is 9.73 Å². The molecule has 3 rings (SSSR count). The number of fused-ring (bicyclic) bond motifs is 1. The zero-order valence-electron chi connectivity index (χ0n) is 13.4. The van der Waals surface area contributed by atoms with Gasteiger partial charge in [0.25, 0.3) is 0 Å². The first kappa shape index (κ1) is 18.5. The molecule has 0 bridgehead atoms. The van der Waals surface area contributed by atoms with Gasteiger partial charge in [-0.2, -0.15) is 0 Å². The first-order valence-corrected chi connectivity index (χ1v) is 8.83. The van der Waals surface area contributed by atoms with Crippen molar-refractivity contribution in [1.82, 2.24) is 10.6 Å². The third-order valence-electron chi connectivity index (χ3n) is 3.83. The quantitative estimate of drug-likeness (QED) is 0.419. The molecule has 0 amide bonds. The summed E-state index contributed by atoms with van der Waals surface area (Å²) in [4.78, 5) is 4.71. The van der Waals surface area contributed by atoms with Crippen LogP contribution in [0.1, 0.15) is 25.3 Å². The molecule has 1 saturated heterocycles. The third-order valence-corrected chi connectivity index (χ3v) is 4.85. The lowest BCUT2D eigenvalue weighted by molar-refractivity contribution is 0.114. The van der Waals surface area contributed by atoms with E-state index in [0.29, 0.717) is 12.6 Å². The maximum atomic E-state index is 5.65. The van der Waals surface area contributed by atoms with Crippen LogP contribution in [0.5, 0.6) is 0 Å². The predicted octanol–water partition coefficient (Wildman–Crippen LogP) is 3.75. The Balaban J connectivity index is 0.00000192. The fourth-order valence-electron chi connectivity index (χ4n) is 2.68. The summed E-state index contributed by atoms with van der Waals surface area (Å²) in [7, 11) is 0. The summed E-state index contributed by atoms with van der Waals surface area (Å²) in [5, 5.41) is 10.2. The smallest absolute Gasteiger partial charge is 0.191 e. The van der Waals surface area contributed by atoms with Gasteiger partial charge in [0, 0.05) is 24.4 Å².